The Hall–Kier alpha value is -1.09. The van der Waals surface area contributed by atoms with Crippen LogP contribution in [0.2, 0.25) is 0 Å². The van der Waals surface area contributed by atoms with E-state index >= 15 is 0 Å². The van der Waals surface area contributed by atoms with E-state index < -0.39 is 0 Å². The second-order valence-electron chi connectivity index (χ2n) is 5.43. The summed E-state index contributed by atoms with van der Waals surface area (Å²) in [5, 5.41) is 3.29. The third-order valence-corrected chi connectivity index (χ3v) is 4.07. The number of rotatable bonds is 6. The zero-order valence-corrected chi connectivity index (χ0v) is 12.4. The fourth-order valence-electron chi connectivity index (χ4n) is 3.03. The van der Waals surface area contributed by atoms with Gasteiger partial charge in [-0.3, -0.25) is 4.90 Å². The zero-order valence-electron chi connectivity index (χ0n) is 12.4. The molecule has 0 atom stereocenters. The van der Waals surface area contributed by atoms with Gasteiger partial charge >= 0.3 is 0 Å². The number of nitrogens with one attached hydrogen (secondary N) is 1. The van der Waals surface area contributed by atoms with Crippen molar-refractivity contribution in [1.29, 1.82) is 0 Å². The molecule has 1 aromatic rings. The first-order valence-electron chi connectivity index (χ1n) is 7.76. The average Bonchev–Trinajstić information content (AvgIpc) is 2.46. The van der Waals surface area contributed by atoms with Crippen LogP contribution in [-0.4, -0.2) is 29.0 Å². The lowest BCUT2D eigenvalue weighted by atomic mass is 9.94. The maximum atomic E-state index is 4.35. The van der Waals surface area contributed by atoms with Crippen LogP contribution in [0.15, 0.2) is 18.3 Å². The largest absolute Gasteiger partial charge is 0.370 e. The monoisotopic (exact) mass is 261 g/mol. The molecule has 2 rings (SSSR count). The molecule has 0 amide bonds. The minimum atomic E-state index is 0.787. The van der Waals surface area contributed by atoms with Gasteiger partial charge in [-0.15, -0.1) is 0 Å². The van der Waals surface area contributed by atoms with Gasteiger partial charge in [0.05, 0.1) is 0 Å². The van der Waals surface area contributed by atoms with E-state index in [9.17, 15) is 0 Å². The molecular formula is C16H27N3. The molecule has 0 bridgehead atoms. The molecule has 3 nitrogen and oxygen atoms in total. The van der Waals surface area contributed by atoms with Crippen LogP contribution in [0.4, 0.5) is 5.82 Å². The third-order valence-electron chi connectivity index (χ3n) is 4.07. The molecule has 1 heterocycles. The first-order valence-corrected chi connectivity index (χ1v) is 7.76. The fraction of sp³-hybridized carbons (Fsp3) is 0.688. The van der Waals surface area contributed by atoms with Crippen LogP contribution in [0.5, 0.6) is 0 Å². The highest BCUT2D eigenvalue weighted by molar-refractivity contribution is 5.37. The molecule has 0 aromatic carbocycles. The van der Waals surface area contributed by atoms with E-state index in [2.05, 4.69) is 41.2 Å². The maximum Gasteiger partial charge on any atom is 0.126 e. The van der Waals surface area contributed by atoms with Crippen LogP contribution in [0.25, 0.3) is 0 Å². The van der Waals surface area contributed by atoms with Crippen molar-refractivity contribution >= 4 is 5.82 Å². The fourth-order valence-corrected chi connectivity index (χ4v) is 3.03. The van der Waals surface area contributed by atoms with Gasteiger partial charge in [0.25, 0.3) is 0 Å². The molecule has 1 saturated carbocycles. The summed E-state index contributed by atoms with van der Waals surface area (Å²) in [6, 6.07) is 5.12. The van der Waals surface area contributed by atoms with Gasteiger partial charge in [0, 0.05) is 25.3 Å². The number of aromatic nitrogens is 1. The van der Waals surface area contributed by atoms with Crippen LogP contribution >= 0.6 is 0 Å². The van der Waals surface area contributed by atoms with Crippen molar-refractivity contribution in [2.24, 2.45) is 0 Å². The summed E-state index contributed by atoms with van der Waals surface area (Å²) in [4.78, 5) is 6.97. The van der Waals surface area contributed by atoms with Gasteiger partial charge in [-0.1, -0.05) is 26.2 Å². The van der Waals surface area contributed by atoms with E-state index in [-0.39, 0.29) is 0 Å². The van der Waals surface area contributed by atoms with E-state index in [1.165, 1.54) is 37.7 Å². The van der Waals surface area contributed by atoms with Gasteiger partial charge in [-0.2, -0.15) is 0 Å². The highest BCUT2D eigenvalue weighted by atomic mass is 15.1. The SMILES string of the molecule is CCNc1cc(CN(CC)C2CCCCC2)ccn1. The predicted octanol–water partition coefficient (Wildman–Crippen LogP) is 3.67. The van der Waals surface area contributed by atoms with Gasteiger partial charge in [-0.05, 0) is 44.0 Å². The Kier molecular flexibility index (Phi) is 5.64. The predicted molar refractivity (Wildman–Crippen MR) is 81.4 cm³/mol. The van der Waals surface area contributed by atoms with Crippen molar-refractivity contribution in [3.8, 4) is 0 Å². The number of hydrogen-bond donors (Lipinski definition) is 1. The Morgan fingerprint density at radius 3 is 2.74 bits per heavy atom. The average molecular weight is 261 g/mol. The lowest BCUT2D eigenvalue weighted by Gasteiger charge is -2.33. The van der Waals surface area contributed by atoms with Crippen molar-refractivity contribution in [2.75, 3.05) is 18.4 Å². The van der Waals surface area contributed by atoms with Crippen molar-refractivity contribution < 1.29 is 0 Å². The molecule has 19 heavy (non-hydrogen) atoms. The second kappa shape index (κ2) is 7.49. The molecule has 0 radical (unpaired) electrons. The topological polar surface area (TPSA) is 28.2 Å². The van der Waals surface area contributed by atoms with E-state index in [1.807, 2.05) is 6.20 Å². The maximum absolute atomic E-state index is 4.35. The van der Waals surface area contributed by atoms with E-state index in [4.69, 9.17) is 0 Å². The minimum Gasteiger partial charge on any atom is -0.370 e. The number of anilines is 1. The summed E-state index contributed by atoms with van der Waals surface area (Å²) < 4.78 is 0. The van der Waals surface area contributed by atoms with Crippen molar-refractivity contribution in [2.45, 2.75) is 58.5 Å². The molecule has 0 saturated heterocycles. The van der Waals surface area contributed by atoms with Gasteiger partial charge in [0.1, 0.15) is 5.82 Å². The van der Waals surface area contributed by atoms with E-state index in [0.717, 1.165) is 31.5 Å². The summed E-state index contributed by atoms with van der Waals surface area (Å²) >= 11 is 0. The highest BCUT2D eigenvalue weighted by Crippen LogP contribution is 2.24. The lowest BCUT2D eigenvalue weighted by molar-refractivity contribution is 0.156. The summed E-state index contributed by atoms with van der Waals surface area (Å²) in [6.07, 6.45) is 8.90. The molecule has 106 valence electrons. The van der Waals surface area contributed by atoms with E-state index in [1.54, 1.807) is 0 Å². The summed E-state index contributed by atoms with van der Waals surface area (Å²) in [6.45, 7) is 7.51. The van der Waals surface area contributed by atoms with Crippen molar-refractivity contribution in [3.63, 3.8) is 0 Å². The first-order chi connectivity index (χ1) is 9.33. The summed E-state index contributed by atoms with van der Waals surface area (Å²) in [7, 11) is 0. The third kappa shape index (κ3) is 4.20. The van der Waals surface area contributed by atoms with Gasteiger partial charge in [0.2, 0.25) is 0 Å². The number of pyridine rings is 1. The Morgan fingerprint density at radius 2 is 2.05 bits per heavy atom. The number of hydrogen-bond acceptors (Lipinski definition) is 3. The van der Waals surface area contributed by atoms with Crippen molar-refractivity contribution in [3.05, 3.63) is 23.9 Å². The van der Waals surface area contributed by atoms with Crippen LogP contribution in [0.1, 0.15) is 51.5 Å². The highest BCUT2D eigenvalue weighted by Gasteiger charge is 2.19. The molecular weight excluding hydrogens is 234 g/mol. The molecule has 0 aliphatic heterocycles. The van der Waals surface area contributed by atoms with Crippen LogP contribution in [0, 0.1) is 0 Å². The van der Waals surface area contributed by atoms with Crippen LogP contribution in [0.3, 0.4) is 0 Å². The molecule has 0 spiro atoms. The minimum absolute atomic E-state index is 0.787. The van der Waals surface area contributed by atoms with Crippen molar-refractivity contribution in [1.82, 2.24) is 9.88 Å². The first kappa shape index (κ1) is 14.3. The normalized spacial score (nSPS) is 16.8. The van der Waals surface area contributed by atoms with Gasteiger partial charge < -0.3 is 5.32 Å². The lowest BCUT2D eigenvalue weighted by Crippen LogP contribution is -2.36. The molecule has 1 fully saturated rings. The zero-order chi connectivity index (χ0) is 13.5. The Morgan fingerprint density at radius 1 is 1.26 bits per heavy atom. The number of nitrogens with zero attached hydrogens (tertiary/aromatic N) is 2. The summed E-state index contributed by atoms with van der Waals surface area (Å²) in [5.41, 5.74) is 1.37. The summed E-state index contributed by atoms with van der Waals surface area (Å²) in [5.74, 6) is 1.000. The quantitative estimate of drug-likeness (QED) is 0.847. The Bertz CT molecular complexity index is 372. The molecule has 1 aliphatic carbocycles. The standard InChI is InChI=1S/C16H27N3/c1-3-17-16-12-14(10-11-18-16)13-19(4-2)15-8-6-5-7-9-15/h10-12,15H,3-9,13H2,1-2H3,(H,17,18). The molecule has 1 N–H and O–H groups in total. The Balaban J connectivity index is 1.98. The molecule has 1 aromatic heterocycles. The molecule has 1 aliphatic rings. The molecule has 0 unspecified atom stereocenters. The smallest absolute Gasteiger partial charge is 0.126 e. The van der Waals surface area contributed by atoms with Crippen LogP contribution in [-0.2, 0) is 6.54 Å². The molecule has 3 heteroatoms. The Labute approximate surface area is 117 Å². The van der Waals surface area contributed by atoms with E-state index in [0.29, 0.717) is 0 Å². The second-order valence-corrected chi connectivity index (χ2v) is 5.43. The van der Waals surface area contributed by atoms with Gasteiger partial charge in [0.15, 0.2) is 0 Å². The van der Waals surface area contributed by atoms with Gasteiger partial charge in [-0.25, -0.2) is 4.98 Å². The van der Waals surface area contributed by atoms with Crippen LogP contribution < -0.4 is 5.32 Å².